The highest BCUT2D eigenvalue weighted by molar-refractivity contribution is 7.22. The minimum absolute atomic E-state index is 0.0750. The monoisotopic (exact) mass is 207 g/mol. The minimum Gasteiger partial charge on any atom is -0.392 e. The minimum atomic E-state index is -0.0750. The summed E-state index contributed by atoms with van der Waals surface area (Å²) in [6.45, 7) is -0.0750. The fraction of sp³-hybridized carbons (Fsp3) is 0.100. The van der Waals surface area contributed by atoms with E-state index in [2.05, 4.69) is 0 Å². The Labute approximate surface area is 84.8 Å². The maximum Gasteiger partial charge on any atom is 0.150 e. The van der Waals surface area contributed by atoms with Crippen molar-refractivity contribution in [1.29, 1.82) is 0 Å². The average Bonchev–Trinajstić information content (AvgIpc) is 2.56. The van der Waals surface area contributed by atoms with Crippen LogP contribution in [0.25, 0.3) is 10.1 Å². The third-order valence-corrected chi connectivity index (χ3v) is 2.98. The van der Waals surface area contributed by atoms with Gasteiger partial charge < -0.3 is 10.8 Å². The molecule has 0 radical (unpaired) electrons. The van der Waals surface area contributed by atoms with Gasteiger partial charge >= 0.3 is 0 Å². The Kier molecular flexibility index (Phi) is 2.23. The third kappa shape index (κ3) is 1.38. The van der Waals surface area contributed by atoms with Crippen LogP contribution in [-0.4, -0.2) is 11.4 Å². The first-order valence-corrected chi connectivity index (χ1v) is 4.94. The number of benzene rings is 1. The van der Waals surface area contributed by atoms with Crippen molar-refractivity contribution in [3.05, 3.63) is 29.3 Å². The van der Waals surface area contributed by atoms with E-state index >= 15 is 0 Å². The zero-order valence-electron chi connectivity index (χ0n) is 7.36. The highest BCUT2D eigenvalue weighted by Gasteiger charge is 2.06. The molecular weight excluding hydrogens is 198 g/mol. The molecule has 0 spiro atoms. The number of thiophene rings is 1. The van der Waals surface area contributed by atoms with Gasteiger partial charge in [-0.3, -0.25) is 4.79 Å². The number of rotatable bonds is 2. The SMILES string of the molecule is Nc1cc2c(CO)cc(C=O)cc2s1. The highest BCUT2D eigenvalue weighted by atomic mass is 32.1. The molecule has 14 heavy (non-hydrogen) atoms. The van der Waals surface area contributed by atoms with E-state index in [0.29, 0.717) is 10.6 Å². The van der Waals surface area contributed by atoms with Gasteiger partial charge in [0.1, 0.15) is 6.29 Å². The summed E-state index contributed by atoms with van der Waals surface area (Å²) in [5, 5.41) is 10.7. The molecule has 0 atom stereocenters. The first-order valence-electron chi connectivity index (χ1n) is 4.12. The lowest BCUT2D eigenvalue weighted by Gasteiger charge is -1.99. The summed E-state index contributed by atoms with van der Waals surface area (Å²) in [5.74, 6) is 0. The van der Waals surface area contributed by atoms with Crippen LogP contribution >= 0.6 is 11.3 Å². The number of nitrogen functional groups attached to an aromatic ring is 1. The summed E-state index contributed by atoms with van der Waals surface area (Å²) >= 11 is 1.42. The largest absolute Gasteiger partial charge is 0.392 e. The third-order valence-electron chi connectivity index (χ3n) is 2.07. The summed E-state index contributed by atoms with van der Waals surface area (Å²) in [4.78, 5) is 10.6. The van der Waals surface area contributed by atoms with Crippen molar-refractivity contribution in [2.24, 2.45) is 0 Å². The molecule has 0 saturated heterocycles. The Bertz CT molecular complexity index is 490. The summed E-state index contributed by atoms with van der Waals surface area (Å²) in [5.41, 5.74) is 6.97. The van der Waals surface area contributed by atoms with Crippen molar-refractivity contribution in [3.8, 4) is 0 Å². The van der Waals surface area contributed by atoms with Crippen LogP contribution in [0.1, 0.15) is 15.9 Å². The normalized spacial score (nSPS) is 10.6. The molecule has 0 saturated carbocycles. The number of aldehydes is 1. The van der Waals surface area contributed by atoms with E-state index in [1.807, 2.05) is 6.07 Å². The van der Waals surface area contributed by atoms with Crippen LogP contribution in [0.5, 0.6) is 0 Å². The van der Waals surface area contributed by atoms with Crippen LogP contribution in [0.2, 0.25) is 0 Å². The van der Waals surface area contributed by atoms with Gasteiger partial charge in [-0.15, -0.1) is 11.3 Å². The second kappa shape index (κ2) is 3.40. The number of hydrogen-bond donors (Lipinski definition) is 2. The van der Waals surface area contributed by atoms with Crippen molar-refractivity contribution in [2.75, 3.05) is 5.73 Å². The molecule has 0 bridgehead atoms. The summed E-state index contributed by atoms with van der Waals surface area (Å²) in [7, 11) is 0. The fourth-order valence-corrected chi connectivity index (χ4v) is 2.38. The smallest absolute Gasteiger partial charge is 0.150 e. The van der Waals surface area contributed by atoms with Gasteiger partial charge in [0.05, 0.1) is 11.6 Å². The maximum absolute atomic E-state index is 10.6. The molecule has 1 heterocycles. The predicted octanol–water partition coefficient (Wildman–Crippen LogP) is 1.79. The second-order valence-corrected chi connectivity index (χ2v) is 4.13. The fourth-order valence-electron chi connectivity index (χ4n) is 1.45. The first-order chi connectivity index (χ1) is 6.74. The average molecular weight is 207 g/mol. The second-order valence-electron chi connectivity index (χ2n) is 3.02. The highest BCUT2D eigenvalue weighted by Crippen LogP contribution is 2.30. The van der Waals surface area contributed by atoms with Gasteiger partial charge in [-0.05, 0) is 23.8 Å². The number of anilines is 1. The Morgan fingerprint density at radius 3 is 2.86 bits per heavy atom. The zero-order chi connectivity index (χ0) is 10.1. The maximum atomic E-state index is 10.6. The van der Waals surface area contributed by atoms with E-state index in [9.17, 15) is 4.79 Å². The van der Waals surface area contributed by atoms with E-state index in [1.165, 1.54) is 11.3 Å². The van der Waals surface area contributed by atoms with Crippen LogP contribution < -0.4 is 5.73 Å². The number of nitrogens with two attached hydrogens (primary N) is 1. The number of fused-ring (bicyclic) bond motifs is 1. The Morgan fingerprint density at radius 1 is 1.43 bits per heavy atom. The van der Waals surface area contributed by atoms with Crippen LogP contribution in [0, 0.1) is 0 Å². The van der Waals surface area contributed by atoms with Crippen molar-refractivity contribution < 1.29 is 9.90 Å². The Morgan fingerprint density at radius 2 is 2.21 bits per heavy atom. The lowest BCUT2D eigenvalue weighted by Crippen LogP contribution is -1.87. The van der Waals surface area contributed by atoms with E-state index in [-0.39, 0.29) is 6.61 Å². The van der Waals surface area contributed by atoms with Gasteiger partial charge in [0.25, 0.3) is 0 Å². The van der Waals surface area contributed by atoms with Crippen LogP contribution in [0.3, 0.4) is 0 Å². The molecule has 0 fully saturated rings. The van der Waals surface area contributed by atoms with E-state index in [0.717, 1.165) is 21.9 Å². The molecule has 0 amide bonds. The molecule has 2 rings (SSSR count). The molecule has 1 aromatic heterocycles. The van der Waals surface area contributed by atoms with Crippen LogP contribution in [0.15, 0.2) is 18.2 Å². The van der Waals surface area contributed by atoms with E-state index in [1.54, 1.807) is 12.1 Å². The van der Waals surface area contributed by atoms with Crippen LogP contribution in [-0.2, 0) is 6.61 Å². The number of hydrogen-bond acceptors (Lipinski definition) is 4. The lowest BCUT2D eigenvalue weighted by atomic mass is 10.1. The predicted molar refractivity (Wildman–Crippen MR) is 57.5 cm³/mol. The van der Waals surface area contributed by atoms with Crippen molar-refractivity contribution in [1.82, 2.24) is 0 Å². The standard InChI is InChI=1S/C10H9NO2S/c11-10-3-8-7(5-13)1-6(4-12)2-9(8)14-10/h1-4,13H,5,11H2. The molecule has 0 unspecified atom stereocenters. The number of carbonyl (C=O) groups excluding carboxylic acids is 1. The number of aliphatic hydroxyl groups is 1. The van der Waals surface area contributed by atoms with Gasteiger partial charge in [0, 0.05) is 15.6 Å². The van der Waals surface area contributed by atoms with Gasteiger partial charge in [0.15, 0.2) is 0 Å². The zero-order valence-corrected chi connectivity index (χ0v) is 8.17. The van der Waals surface area contributed by atoms with Crippen LogP contribution in [0.4, 0.5) is 5.00 Å². The molecule has 3 N–H and O–H groups in total. The van der Waals surface area contributed by atoms with Crippen molar-refractivity contribution >= 4 is 32.7 Å². The summed E-state index contributed by atoms with van der Waals surface area (Å²) < 4.78 is 0.941. The molecule has 4 heteroatoms. The van der Waals surface area contributed by atoms with Crippen molar-refractivity contribution in [2.45, 2.75) is 6.61 Å². The Hall–Kier alpha value is -1.39. The molecule has 1 aromatic carbocycles. The number of carbonyl (C=O) groups is 1. The number of aliphatic hydroxyl groups excluding tert-OH is 1. The van der Waals surface area contributed by atoms with Gasteiger partial charge in [0.2, 0.25) is 0 Å². The quantitative estimate of drug-likeness (QED) is 0.738. The molecule has 2 aromatic rings. The summed E-state index contributed by atoms with van der Waals surface area (Å²) in [6.07, 6.45) is 0.772. The lowest BCUT2D eigenvalue weighted by molar-refractivity contribution is 0.112. The molecular formula is C10H9NO2S. The van der Waals surface area contributed by atoms with Gasteiger partial charge in [-0.2, -0.15) is 0 Å². The molecule has 0 aliphatic rings. The van der Waals surface area contributed by atoms with E-state index < -0.39 is 0 Å². The topological polar surface area (TPSA) is 63.3 Å². The molecule has 3 nitrogen and oxygen atoms in total. The van der Waals surface area contributed by atoms with Gasteiger partial charge in [-0.25, -0.2) is 0 Å². The first kappa shape index (κ1) is 9.18. The van der Waals surface area contributed by atoms with Gasteiger partial charge in [-0.1, -0.05) is 0 Å². The molecule has 72 valence electrons. The van der Waals surface area contributed by atoms with Crippen molar-refractivity contribution in [3.63, 3.8) is 0 Å². The molecule has 0 aliphatic carbocycles. The molecule has 0 aliphatic heterocycles. The van der Waals surface area contributed by atoms with E-state index in [4.69, 9.17) is 10.8 Å². The Balaban J connectivity index is 2.78. The summed E-state index contributed by atoms with van der Waals surface area (Å²) in [6, 6.07) is 5.28.